The summed E-state index contributed by atoms with van der Waals surface area (Å²) in [6, 6.07) is 0. The van der Waals surface area contributed by atoms with Gasteiger partial charge in [0.15, 0.2) is 0 Å². The van der Waals surface area contributed by atoms with Crippen molar-refractivity contribution in [3.8, 4) is 0 Å². The predicted molar refractivity (Wildman–Crippen MR) is 102 cm³/mol. The lowest BCUT2D eigenvalue weighted by molar-refractivity contribution is -0.139. The quantitative estimate of drug-likeness (QED) is 0.395. The summed E-state index contributed by atoms with van der Waals surface area (Å²) in [6.45, 7) is 22.9. The van der Waals surface area contributed by atoms with E-state index >= 15 is 0 Å². The van der Waals surface area contributed by atoms with Crippen molar-refractivity contribution in [1.82, 2.24) is 10.6 Å². The first-order chi connectivity index (χ1) is 11.3. The SMILES string of the molecule is C=C(C)C(=O)OCCNC(C)(C)C.C=CC(=O)OCCNC(C)(C)C. The number of ether oxygens (including phenoxy) is 2. The van der Waals surface area contributed by atoms with Crippen molar-refractivity contribution in [3.05, 3.63) is 24.8 Å². The monoisotopic (exact) mass is 356 g/mol. The number of hydrogen-bond donors (Lipinski definition) is 2. The number of nitrogens with one attached hydrogen (secondary N) is 2. The standard InChI is InChI=1S/C10H19NO2.C9H17NO2/c1-8(2)9(12)13-7-6-11-10(3,4)5;1-5-8(11)12-7-6-10-9(2,3)4/h11H,1,6-7H2,2-5H3;5,10H,1,6-7H2,2-4H3. The fourth-order valence-corrected chi connectivity index (χ4v) is 1.33. The van der Waals surface area contributed by atoms with Gasteiger partial charge in [0.1, 0.15) is 13.2 Å². The Hall–Kier alpha value is -1.66. The number of rotatable bonds is 8. The highest BCUT2D eigenvalue weighted by Crippen LogP contribution is 1.98. The molecule has 0 amide bonds. The van der Waals surface area contributed by atoms with E-state index < -0.39 is 0 Å². The first-order valence-corrected chi connectivity index (χ1v) is 8.40. The van der Waals surface area contributed by atoms with Crippen molar-refractivity contribution < 1.29 is 19.1 Å². The van der Waals surface area contributed by atoms with Crippen LogP contribution in [-0.4, -0.2) is 49.3 Å². The van der Waals surface area contributed by atoms with Crippen molar-refractivity contribution in [1.29, 1.82) is 0 Å². The molecule has 0 saturated heterocycles. The lowest BCUT2D eigenvalue weighted by Crippen LogP contribution is -2.38. The van der Waals surface area contributed by atoms with Crippen LogP contribution in [0.5, 0.6) is 0 Å². The van der Waals surface area contributed by atoms with Gasteiger partial charge in [-0.1, -0.05) is 13.2 Å². The summed E-state index contributed by atoms with van der Waals surface area (Å²) in [5.74, 6) is -0.693. The molecule has 0 heterocycles. The largest absolute Gasteiger partial charge is 0.461 e. The van der Waals surface area contributed by atoms with Crippen LogP contribution >= 0.6 is 0 Å². The van der Waals surface area contributed by atoms with E-state index in [0.717, 1.165) is 6.08 Å². The minimum atomic E-state index is -0.370. The molecule has 6 nitrogen and oxygen atoms in total. The van der Waals surface area contributed by atoms with Gasteiger partial charge in [-0.25, -0.2) is 9.59 Å². The fraction of sp³-hybridized carbons (Fsp3) is 0.684. The van der Waals surface area contributed by atoms with Crippen LogP contribution in [0.25, 0.3) is 0 Å². The first-order valence-electron chi connectivity index (χ1n) is 8.40. The highest BCUT2D eigenvalue weighted by Gasteiger charge is 2.09. The van der Waals surface area contributed by atoms with Crippen molar-refractivity contribution in [2.75, 3.05) is 26.3 Å². The van der Waals surface area contributed by atoms with Gasteiger partial charge >= 0.3 is 11.9 Å². The molecule has 0 fully saturated rings. The Morgan fingerprint density at radius 2 is 1.32 bits per heavy atom. The van der Waals surface area contributed by atoms with E-state index in [9.17, 15) is 9.59 Å². The normalized spacial score (nSPS) is 11.0. The van der Waals surface area contributed by atoms with Crippen molar-refractivity contribution in [2.45, 2.75) is 59.5 Å². The Kier molecular flexibility index (Phi) is 13.0. The number of carbonyl (C=O) groups is 2. The molecule has 2 N–H and O–H groups in total. The van der Waals surface area contributed by atoms with Crippen LogP contribution in [0.2, 0.25) is 0 Å². The molecule has 0 aromatic carbocycles. The molecule has 0 aliphatic rings. The van der Waals surface area contributed by atoms with Crippen LogP contribution in [0.4, 0.5) is 0 Å². The molecule has 0 bridgehead atoms. The van der Waals surface area contributed by atoms with Crippen LogP contribution in [-0.2, 0) is 19.1 Å². The van der Waals surface area contributed by atoms with Crippen LogP contribution in [0.3, 0.4) is 0 Å². The van der Waals surface area contributed by atoms with E-state index in [1.54, 1.807) is 6.92 Å². The fourth-order valence-electron chi connectivity index (χ4n) is 1.33. The molecule has 25 heavy (non-hydrogen) atoms. The average Bonchev–Trinajstić information content (AvgIpc) is 2.46. The molecule has 0 saturated carbocycles. The molecule has 146 valence electrons. The summed E-state index contributed by atoms with van der Waals surface area (Å²) in [5, 5.41) is 6.40. The highest BCUT2D eigenvalue weighted by atomic mass is 16.5. The van der Waals surface area contributed by atoms with Gasteiger partial charge in [0.05, 0.1) is 0 Å². The van der Waals surface area contributed by atoms with Gasteiger partial charge in [0, 0.05) is 35.8 Å². The lowest BCUT2D eigenvalue weighted by atomic mass is 10.1. The summed E-state index contributed by atoms with van der Waals surface area (Å²) in [6.07, 6.45) is 1.16. The Morgan fingerprint density at radius 3 is 1.64 bits per heavy atom. The minimum absolute atomic E-state index is 0.0651. The molecule has 0 atom stereocenters. The van der Waals surface area contributed by atoms with Crippen molar-refractivity contribution >= 4 is 11.9 Å². The minimum Gasteiger partial charge on any atom is -0.461 e. The van der Waals surface area contributed by atoms with E-state index in [0.29, 0.717) is 31.9 Å². The van der Waals surface area contributed by atoms with Crippen molar-refractivity contribution in [3.63, 3.8) is 0 Å². The summed E-state index contributed by atoms with van der Waals surface area (Å²) in [5.41, 5.74) is 0.576. The van der Waals surface area contributed by atoms with Gasteiger partial charge in [-0.15, -0.1) is 0 Å². The third kappa shape index (κ3) is 22.3. The number of esters is 2. The summed E-state index contributed by atoms with van der Waals surface area (Å²) in [7, 11) is 0. The summed E-state index contributed by atoms with van der Waals surface area (Å²) in [4.78, 5) is 21.5. The highest BCUT2D eigenvalue weighted by molar-refractivity contribution is 5.86. The summed E-state index contributed by atoms with van der Waals surface area (Å²) >= 11 is 0. The van der Waals surface area contributed by atoms with Gasteiger partial charge in [-0.3, -0.25) is 0 Å². The van der Waals surface area contributed by atoms with E-state index in [4.69, 9.17) is 9.47 Å². The smallest absolute Gasteiger partial charge is 0.333 e. The zero-order valence-electron chi connectivity index (χ0n) is 17.0. The zero-order valence-corrected chi connectivity index (χ0v) is 17.0. The van der Waals surface area contributed by atoms with Gasteiger partial charge in [0.25, 0.3) is 0 Å². The Labute approximate surface area is 153 Å². The lowest BCUT2D eigenvalue weighted by Gasteiger charge is -2.20. The molecule has 0 aliphatic heterocycles. The summed E-state index contributed by atoms with van der Waals surface area (Å²) < 4.78 is 9.66. The Bertz CT molecular complexity index is 432. The van der Waals surface area contributed by atoms with Gasteiger partial charge in [-0.2, -0.15) is 0 Å². The zero-order chi connectivity index (χ0) is 20.1. The maximum atomic E-state index is 10.9. The van der Waals surface area contributed by atoms with Crippen LogP contribution in [0.1, 0.15) is 48.5 Å². The molecule has 0 aromatic heterocycles. The van der Waals surface area contributed by atoms with Gasteiger partial charge < -0.3 is 20.1 Å². The number of carbonyl (C=O) groups excluding carboxylic acids is 2. The topological polar surface area (TPSA) is 76.7 Å². The second-order valence-electron chi connectivity index (χ2n) is 7.64. The Balaban J connectivity index is 0. The maximum absolute atomic E-state index is 10.9. The van der Waals surface area contributed by atoms with Crippen LogP contribution in [0.15, 0.2) is 24.8 Å². The molecular formula is C19H36N2O4. The predicted octanol–water partition coefficient (Wildman–Crippen LogP) is 2.60. The van der Waals surface area contributed by atoms with E-state index in [-0.39, 0.29) is 23.0 Å². The first kappa shape index (κ1) is 25.6. The van der Waals surface area contributed by atoms with Crippen molar-refractivity contribution in [2.24, 2.45) is 0 Å². The van der Waals surface area contributed by atoms with E-state index in [1.165, 1.54) is 0 Å². The number of hydrogen-bond acceptors (Lipinski definition) is 6. The second-order valence-corrected chi connectivity index (χ2v) is 7.64. The molecule has 0 unspecified atom stereocenters. The van der Waals surface area contributed by atoms with Crippen LogP contribution in [0, 0.1) is 0 Å². The molecule has 0 radical (unpaired) electrons. The van der Waals surface area contributed by atoms with Gasteiger partial charge in [-0.05, 0) is 48.5 Å². The molecule has 0 aromatic rings. The third-order valence-electron chi connectivity index (χ3n) is 2.51. The molecular weight excluding hydrogens is 320 g/mol. The maximum Gasteiger partial charge on any atom is 0.333 e. The van der Waals surface area contributed by atoms with E-state index in [1.807, 2.05) is 0 Å². The molecule has 0 rings (SSSR count). The third-order valence-corrected chi connectivity index (χ3v) is 2.51. The Morgan fingerprint density at radius 1 is 0.920 bits per heavy atom. The van der Waals surface area contributed by atoms with Gasteiger partial charge in [0.2, 0.25) is 0 Å². The second kappa shape index (κ2) is 12.7. The average molecular weight is 357 g/mol. The van der Waals surface area contributed by atoms with E-state index in [2.05, 4.69) is 65.3 Å². The molecule has 6 heteroatoms. The molecule has 0 spiro atoms. The van der Waals surface area contributed by atoms with Crippen LogP contribution < -0.4 is 10.6 Å². The molecule has 0 aliphatic carbocycles.